The number of ketones is 2. The number of likely N-dealkylation sites (N-methyl/N-ethyl adjacent to an activating group) is 1. The number of benzene rings is 1. The van der Waals surface area contributed by atoms with Crippen LogP contribution < -0.4 is 10.5 Å². The lowest BCUT2D eigenvalue weighted by Crippen LogP contribution is -2.65. The van der Waals surface area contributed by atoms with E-state index in [0.29, 0.717) is 17.9 Å². The van der Waals surface area contributed by atoms with E-state index >= 15 is 0 Å². The monoisotopic (exact) mass is 597 g/mol. The van der Waals surface area contributed by atoms with Crippen LogP contribution in [0, 0.1) is 17.8 Å². The average molecular weight is 598 g/mol. The number of phenols is 1. The Labute approximate surface area is 251 Å². The lowest BCUT2D eigenvalue weighted by Gasteiger charge is -2.50. The van der Waals surface area contributed by atoms with E-state index in [-0.39, 0.29) is 29.7 Å². The molecule has 0 spiro atoms. The molecule has 0 aromatic heterocycles. The smallest absolute Gasteiger partial charge is 0.255 e. The summed E-state index contributed by atoms with van der Waals surface area (Å²) in [5.74, 6) is -5.49. The van der Waals surface area contributed by atoms with Crippen LogP contribution in [0.4, 0.5) is 0 Å². The van der Waals surface area contributed by atoms with Gasteiger partial charge in [0, 0.05) is 29.2 Å². The number of hydrogen-bond donors (Lipinski definition) is 5. The lowest BCUT2D eigenvalue weighted by atomic mass is 9.57. The Balaban J connectivity index is 1.53. The zero-order valence-electron chi connectivity index (χ0n) is 25.4. The van der Waals surface area contributed by atoms with Gasteiger partial charge in [0.15, 0.2) is 11.4 Å². The van der Waals surface area contributed by atoms with Crippen molar-refractivity contribution in [1.82, 2.24) is 9.80 Å². The summed E-state index contributed by atoms with van der Waals surface area (Å²) in [5.41, 5.74) is 3.02. The third-order valence-electron chi connectivity index (χ3n) is 10.0. The summed E-state index contributed by atoms with van der Waals surface area (Å²) in [6, 6.07) is 0.401. The van der Waals surface area contributed by atoms with Crippen molar-refractivity contribution in [2.75, 3.05) is 34.8 Å². The number of carbonyl (C=O) groups excluding carboxylic acids is 3. The van der Waals surface area contributed by atoms with Gasteiger partial charge in [-0.1, -0.05) is 32.1 Å². The minimum Gasteiger partial charge on any atom is -0.508 e. The molecular weight excluding hydrogens is 554 g/mol. The summed E-state index contributed by atoms with van der Waals surface area (Å²) in [4.78, 5) is 43.1. The molecule has 0 radical (unpaired) electrons. The minimum atomic E-state index is -2.66. The molecule has 11 heteroatoms. The maximum Gasteiger partial charge on any atom is 0.255 e. The van der Waals surface area contributed by atoms with Crippen molar-refractivity contribution in [1.29, 1.82) is 0 Å². The summed E-state index contributed by atoms with van der Waals surface area (Å²) in [6.07, 6.45) is 7.72. The van der Waals surface area contributed by atoms with E-state index in [0.717, 1.165) is 24.4 Å². The van der Waals surface area contributed by atoms with Crippen LogP contribution in [-0.2, 0) is 27.3 Å². The SMILES string of the molecule is COc1c(CN(C)CCC2CCCCC2)cc(O)c2c1C[C@H]1C[C@H]3[C@H](N(C)C)C(=O)C(C(N)=O)=C(O)[C@@]3(O)C(=O)C1=C2O. The molecule has 0 bridgehead atoms. The van der Waals surface area contributed by atoms with E-state index in [1.807, 2.05) is 7.05 Å². The predicted octanol–water partition coefficient (Wildman–Crippen LogP) is 2.37. The van der Waals surface area contributed by atoms with Gasteiger partial charge in [-0.25, -0.2) is 0 Å². The molecule has 0 aliphatic heterocycles. The molecule has 1 amide bonds. The van der Waals surface area contributed by atoms with Crippen molar-refractivity contribution < 1.29 is 39.5 Å². The standard InChI is InChI=1S/C32H43N3O8/c1-34(2)25-20-13-17-12-19-23(26(37)22(17)29(39)32(20,42)30(40)24(27(25)38)31(33)41)21(36)14-18(28(19)43-4)15-35(3)11-10-16-8-6-5-7-9-16/h14,16-17,20,25,36-37,40,42H,5-13,15H2,1-4H3,(H2,33,41)/t17-,20-,25-,32-/m0/s1. The number of amides is 1. The zero-order valence-corrected chi connectivity index (χ0v) is 25.4. The Hall–Kier alpha value is -3.41. The molecule has 1 aromatic rings. The number of carbonyl (C=O) groups is 3. The number of hydrogen-bond acceptors (Lipinski definition) is 10. The highest BCUT2D eigenvalue weighted by molar-refractivity contribution is 6.24. The lowest BCUT2D eigenvalue weighted by molar-refractivity contribution is -0.153. The molecular formula is C32H43N3O8. The normalized spacial score (nSPS) is 27.8. The second-order valence-electron chi connectivity index (χ2n) is 12.9. The fourth-order valence-electron chi connectivity index (χ4n) is 7.98. The fraction of sp³-hybridized carbons (Fsp3) is 0.594. The van der Waals surface area contributed by atoms with E-state index in [2.05, 4.69) is 4.90 Å². The van der Waals surface area contributed by atoms with Crippen molar-refractivity contribution in [3.05, 3.63) is 39.7 Å². The molecule has 1 aromatic carbocycles. The number of nitrogens with zero attached hydrogens (tertiary/aromatic N) is 2. The van der Waals surface area contributed by atoms with Gasteiger partial charge in [-0.05, 0) is 64.9 Å². The molecule has 43 heavy (non-hydrogen) atoms. The Bertz CT molecular complexity index is 1410. The summed E-state index contributed by atoms with van der Waals surface area (Å²) < 4.78 is 5.84. The van der Waals surface area contributed by atoms with Crippen molar-refractivity contribution in [3.8, 4) is 11.5 Å². The molecule has 0 saturated heterocycles. The first-order valence-corrected chi connectivity index (χ1v) is 15.1. The zero-order chi connectivity index (χ0) is 31.4. The van der Waals surface area contributed by atoms with E-state index in [1.54, 1.807) is 14.1 Å². The number of methoxy groups -OCH3 is 1. The summed E-state index contributed by atoms with van der Waals surface area (Å²) in [7, 11) is 6.70. The first kappa shape index (κ1) is 31.0. The van der Waals surface area contributed by atoms with Gasteiger partial charge in [0.1, 0.15) is 28.6 Å². The number of phenolic OH excluding ortho intramolecular Hbond substituents is 1. The highest BCUT2D eigenvalue weighted by atomic mass is 16.5. The molecule has 4 atom stereocenters. The van der Waals surface area contributed by atoms with E-state index in [1.165, 1.54) is 50.2 Å². The average Bonchev–Trinajstić information content (AvgIpc) is 2.94. The maximum absolute atomic E-state index is 14.0. The molecule has 4 aliphatic rings. The molecule has 234 valence electrons. The molecule has 2 saturated carbocycles. The third kappa shape index (κ3) is 5.01. The van der Waals surface area contributed by atoms with Crippen LogP contribution in [0.15, 0.2) is 23.0 Å². The predicted molar refractivity (Wildman–Crippen MR) is 158 cm³/mol. The number of aromatic hydroxyl groups is 1. The van der Waals surface area contributed by atoms with E-state index < -0.39 is 58.0 Å². The number of ether oxygens (including phenoxy) is 1. The van der Waals surface area contributed by atoms with Gasteiger partial charge >= 0.3 is 0 Å². The van der Waals surface area contributed by atoms with E-state index in [4.69, 9.17) is 10.5 Å². The fourth-order valence-corrected chi connectivity index (χ4v) is 7.98. The van der Waals surface area contributed by atoms with Crippen LogP contribution >= 0.6 is 0 Å². The minimum absolute atomic E-state index is 0.0290. The number of aliphatic hydroxyl groups is 3. The number of rotatable bonds is 8. The molecule has 11 nitrogen and oxygen atoms in total. The molecule has 0 heterocycles. The number of Topliss-reactive ketones (excluding diaryl/α,β-unsaturated/α-hetero) is 2. The van der Waals surface area contributed by atoms with Crippen LogP contribution in [-0.4, -0.2) is 94.1 Å². The molecule has 4 aliphatic carbocycles. The van der Waals surface area contributed by atoms with Gasteiger partial charge in [-0.3, -0.25) is 19.3 Å². The second kappa shape index (κ2) is 11.6. The first-order valence-electron chi connectivity index (χ1n) is 15.1. The second-order valence-corrected chi connectivity index (χ2v) is 12.9. The third-order valence-corrected chi connectivity index (χ3v) is 10.0. The summed E-state index contributed by atoms with van der Waals surface area (Å²) >= 11 is 0. The molecule has 5 rings (SSSR count). The highest BCUT2D eigenvalue weighted by Crippen LogP contribution is 2.54. The summed E-state index contributed by atoms with van der Waals surface area (Å²) in [5, 5.41) is 45.4. The largest absolute Gasteiger partial charge is 0.508 e. The number of nitrogens with two attached hydrogens (primary N) is 1. The molecule has 0 unspecified atom stereocenters. The number of fused-ring (bicyclic) bond motifs is 3. The Morgan fingerprint density at radius 2 is 1.79 bits per heavy atom. The van der Waals surface area contributed by atoms with Crippen LogP contribution in [0.5, 0.6) is 11.5 Å². The van der Waals surface area contributed by atoms with Gasteiger partial charge in [0.05, 0.1) is 18.7 Å². The van der Waals surface area contributed by atoms with E-state index in [9.17, 15) is 34.8 Å². The Kier molecular flexibility index (Phi) is 8.36. The Morgan fingerprint density at radius 1 is 1.12 bits per heavy atom. The van der Waals surface area contributed by atoms with Gasteiger partial charge in [0.25, 0.3) is 5.91 Å². The topological polar surface area (TPSA) is 174 Å². The highest BCUT2D eigenvalue weighted by Gasteiger charge is 2.64. The Morgan fingerprint density at radius 3 is 2.40 bits per heavy atom. The number of primary amides is 1. The first-order chi connectivity index (χ1) is 20.3. The van der Waals surface area contributed by atoms with Crippen LogP contribution in [0.25, 0.3) is 5.76 Å². The van der Waals surface area contributed by atoms with Crippen LogP contribution in [0.2, 0.25) is 0 Å². The van der Waals surface area contributed by atoms with Crippen molar-refractivity contribution >= 4 is 23.2 Å². The van der Waals surface area contributed by atoms with Crippen LogP contribution in [0.3, 0.4) is 0 Å². The number of aliphatic hydroxyl groups excluding tert-OH is 2. The van der Waals surface area contributed by atoms with Crippen molar-refractivity contribution in [2.24, 2.45) is 23.5 Å². The van der Waals surface area contributed by atoms with Crippen molar-refractivity contribution in [3.63, 3.8) is 0 Å². The quantitative estimate of drug-likeness (QED) is 0.280. The van der Waals surface area contributed by atoms with Crippen LogP contribution in [0.1, 0.15) is 61.6 Å². The maximum atomic E-state index is 14.0. The summed E-state index contributed by atoms with van der Waals surface area (Å²) in [6.45, 7) is 1.40. The van der Waals surface area contributed by atoms with Crippen molar-refractivity contribution in [2.45, 2.75) is 69.6 Å². The van der Waals surface area contributed by atoms with Gasteiger partial charge in [-0.2, -0.15) is 0 Å². The van der Waals surface area contributed by atoms with Gasteiger partial charge < -0.3 is 35.8 Å². The molecule has 2 fully saturated rings. The molecule has 6 N–H and O–H groups in total. The van der Waals surface area contributed by atoms with Gasteiger partial charge in [0.2, 0.25) is 5.78 Å². The van der Waals surface area contributed by atoms with Gasteiger partial charge in [-0.15, -0.1) is 0 Å².